The van der Waals surface area contributed by atoms with Gasteiger partial charge in [-0.25, -0.2) is 9.68 Å². The average Bonchev–Trinajstić information content (AvgIpc) is 2.61. The SMILES string of the molecule is O=C1OC(COO)CN1Cc1ccccc1. The number of ether oxygens (including phenoxy) is 1. The van der Waals surface area contributed by atoms with Crippen molar-refractivity contribution in [2.45, 2.75) is 12.6 Å². The van der Waals surface area contributed by atoms with Crippen molar-refractivity contribution in [2.75, 3.05) is 13.2 Å². The third-order valence-electron chi connectivity index (χ3n) is 2.43. The summed E-state index contributed by atoms with van der Waals surface area (Å²) in [4.78, 5) is 17.0. The van der Waals surface area contributed by atoms with Gasteiger partial charge in [0, 0.05) is 6.54 Å². The molecule has 0 spiro atoms. The van der Waals surface area contributed by atoms with Gasteiger partial charge in [0.25, 0.3) is 0 Å². The quantitative estimate of drug-likeness (QED) is 0.620. The van der Waals surface area contributed by atoms with E-state index in [4.69, 9.17) is 9.99 Å². The van der Waals surface area contributed by atoms with Crippen molar-refractivity contribution in [3.8, 4) is 0 Å². The summed E-state index contributed by atoms with van der Waals surface area (Å²) in [5.74, 6) is 0. The van der Waals surface area contributed by atoms with Crippen LogP contribution in [-0.4, -0.2) is 35.5 Å². The molecule has 1 saturated heterocycles. The van der Waals surface area contributed by atoms with Crippen molar-refractivity contribution in [3.05, 3.63) is 35.9 Å². The highest BCUT2D eigenvalue weighted by atomic mass is 17.1. The van der Waals surface area contributed by atoms with Gasteiger partial charge >= 0.3 is 6.09 Å². The number of cyclic esters (lactones) is 1. The second-order valence-electron chi connectivity index (χ2n) is 3.67. The van der Waals surface area contributed by atoms with Gasteiger partial charge in [-0.1, -0.05) is 30.3 Å². The molecule has 1 amide bonds. The first-order chi connectivity index (χ1) is 7.79. The molecule has 5 heteroatoms. The lowest BCUT2D eigenvalue weighted by Gasteiger charge is -2.12. The summed E-state index contributed by atoms with van der Waals surface area (Å²) in [7, 11) is 0. The Bertz CT molecular complexity index is 354. The highest BCUT2D eigenvalue weighted by Gasteiger charge is 2.31. The minimum atomic E-state index is -0.388. The molecule has 86 valence electrons. The third-order valence-corrected chi connectivity index (χ3v) is 2.43. The first kappa shape index (κ1) is 10.9. The molecule has 1 aliphatic heterocycles. The van der Waals surface area contributed by atoms with E-state index < -0.39 is 0 Å². The van der Waals surface area contributed by atoms with E-state index in [2.05, 4.69) is 4.89 Å². The van der Waals surface area contributed by atoms with E-state index in [1.165, 1.54) is 0 Å². The molecule has 1 aromatic carbocycles. The third kappa shape index (κ3) is 2.50. The van der Waals surface area contributed by atoms with E-state index >= 15 is 0 Å². The van der Waals surface area contributed by atoms with Gasteiger partial charge in [0.05, 0.1) is 6.54 Å². The van der Waals surface area contributed by atoms with Crippen LogP contribution in [0.15, 0.2) is 30.3 Å². The van der Waals surface area contributed by atoms with Gasteiger partial charge in [-0.15, -0.1) is 0 Å². The van der Waals surface area contributed by atoms with E-state index in [0.717, 1.165) is 5.56 Å². The van der Waals surface area contributed by atoms with Gasteiger partial charge in [0.15, 0.2) is 0 Å². The molecule has 1 fully saturated rings. The molecule has 1 unspecified atom stereocenters. The van der Waals surface area contributed by atoms with E-state index in [-0.39, 0.29) is 18.8 Å². The summed E-state index contributed by atoms with van der Waals surface area (Å²) in [6, 6.07) is 9.66. The summed E-state index contributed by atoms with van der Waals surface area (Å²) in [6.45, 7) is 0.965. The Labute approximate surface area is 93.1 Å². The van der Waals surface area contributed by atoms with E-state index in [1.54, 1.807) is 4.90 Å². The minimum Gasteiger partial charge on any atom is -0.442 e. The number of hydrogen-bond donors (Lipinski definition) is 1. The Morgan fingerprint density at radius 3 is 2.88 bits per heavy atom. The number of nitrogens with zero attached hydrogens (tertiary/aromatic N) is 1. The molecule has 1 aromatic rings. The van der Waals surface area contributed by atoms with Crippen molar-refractivity contribution in [2.24, 2.45) is 0 Å². The minimum absolute atomic E-state index is 0.0109. The zero-order chi connectivity index (χ0) is 11.4. The zero-order valence-electron chi connectivity index (χ0n) is 8.70. The summed E-state index contributed by atoms with van der Waals surface area (Å²) in [6.07, 6.45) is -0.757. The van der Waals surface area contributed by atoms with Crippen LogP contribution in [-0.2, 0) is 16.2 Å². The van der Waals surface area contributed by atoms with Gasteiger partial charge in [0.2, 0.25) is 0 Å². The van der Waals surface area contributed by atoms with Crippen LogP contribution in [0.4, 0.5) is 4.79 Å². The van der Waals surface area contributed by atoms with Crippen LogP contribution in [0.2, 0.25) is 0 Å². The fourth-order valence-electron chi connectivity index (χ4n) is 1.68. The van der Waals surface area contributed by atoms with Crippen LogP contribution in [0.1, 0.15) is 5.56 Å². The molecule has 16 heavy (non-hydrogen) atoms. The highest BCUT2D eigenvalue weighted by Crippen LogP contribution is 2.14. The van der Waals surface area contributed by atoms with E-state index in [9.17, 15) is 4.79 Å². The Hall–Kier alpha value is -1.59. The molecule has 2 rings (SSSR count). The molecule has 1 heterocycles. The molecule has 1 atom stereocenters. The van der Waals surface area contributed by atoms with Crippen molar-refractivity contribution < 1.29 is 19.7 Å². The lowest BCUT2D eigenvalue weighted by atomic mass is 10.2. The van der Waals surface area contributed by atoms with E-state index in [0.29, 0.717) is 13.1 Å². The maximum atomic E-state index is 11.4. The molecule has 0 aromatic heterocycles. The summed E-state index contributed by atoms with van der Waals surface area (Å²) < 4.78 is 4.99. The fourth-order valence-corrected chi connectivity index (χ4v) is 1.68. The normalized spacial score (nSPS) is 19.9. The molecular formula is C11H13NO4. The lowest BCUT2D eigenvalue weighted by molar-refractivity contribution is -0.253. The molecule has 5 nitrogen and oxygen atoms in total. The van der Waals surface area contributed by atoms with Crippen molar-refractivity contribution in [1.82, 2.24) is 4.90 Å². The van der Waals surface area contributed by atoms with Gasteiger partial charge in [-0.3, -0.25) is 5.26 Å². The summed E-state index contributed by atoms with van der Waals surface area (Å²) in [5, 5.41) is 8.28. The van der Waals surface area contributed by atoms with Crippen LogP contribution in [0, 0.1) is 0 Å². The van der Waals surface area contributed by atoms with Crippen LogP contribution in [0.25, 0.3) is 0 Å². The molecule has 1 aliphatic rings. The van der Waals surface area contributed by atoms with Gasteiger partial charge in [-0.2, -0.15) is 0 Å². The second kappa shape index (κ2) is 4.96. The number of carbonyl (C=O) groups excluding carboxylic acids is 1. The molecule has 0 aliphatic carbocycles. The molecule has 0 radical (unpaired) electrons. The van der Waals surface area contributed by atoms with Gasteiger partial charge in [-0.05, 0) is 5.56 Å². The number of rotatable bonds is 4. The highest BCUT2D eigenvalue weighted by molar-refractivity contribution is 5.69. The standard InChI is InChI=1S/C11H13NO4/c13-11-12(7-10(16-11)8-15-14)6-9-4-2-1-3-5-9/h1-5,10,14H,6-8H2. The number of amides is 1. The molecular weight excluding hydrogens is 210 g/mol. The van der Waals surface area contributed by atoms with Crippen LogP contribution in [0.3, 0.4) is 0 Å². The van der Waals surface area contributed by atoms with Crippen molar-refractivity contribution in [1.29, 1.82) is 0 Å². The number of benzene rings is 1. The largest absolute Gasteiger partial charge is 0.442 e. The molecule has 1 N–H and O–H groups in total. The number of carbonyl (C=O) groups is 1. The first-order valence-corrected chi connectivity index (χ1v) is 5.05. The predicted molar refractivity (Wildman–Crippen MR) is 55.7 cm³/mol. The number of hydrogen-bond acceptors (Lipinski definition) is 4. The maximum Gasteiger partial charge on any atom is 0.410 e. The zero-order valence-corrected chi connectivity index (χ0v) is 8.70. The Morgan fingerprint density at radius 2 is 2.19 bits per heavy atom. The summed E-state index contributed by atoms with van der Waals surface area (Å²) in [5.41, 5.74) is 1.05. The van der Waals surface area contributed by atoms with Crippen LogP contribution < -0.4 is 0 Å². The molecule has 0 bridgehead atoms. The Kier molecular flexibility index (Phi) is 3.38. The first-order valence-electron chi connectivity index (χ1n) is 5.05. The topological polar surface area (TPSA) is 59.0 Å². The van der Waals surface area contributed by atoms with Gasteiger partial charge < -0.3 is 9.64 Å². The predicted octanol–water partition coefficient (Wildman–Crippen LogP) is 1.50. The maximum absolute atomic E-state index is 11.4. The monoisotopic (exact) mass is 223 g/mol. The van der Waals surface area contributed by atoms with Gasteiger partial charge in [0.1, 0.15) is 12.7 Å². The fraction of sp³-hybridized carbons (Fsp3) is 0.364. The van der Waals surface area contributed by atoms with Crippen LogP contribution >= 0.6 is 0 Å². The van der Waals surface area contributed by atoms with Crippen molar-refractivity contribution >= 4 is 6.09 Å². The average molecular weight is 223 g/mol. The molecule has 0 saturated carbocycles. The Balaban J connectivity index is 1.94. The van der Waals surface area contributed by atoms with Crippen molar-refractivity contribution in [3.63, 3.8) is 0 Å². The smallest absolute Gasteiger partial charge is 0.410 e. The lowest BCUT2D eigenvalue weighted by Crippen LogP contribution is -2.25. The summed E-state index contributed by atoms with van der Waals surface area (Å²) >= 11 is 0. The van der Waals surface area contributed by atoms with Crippen LogP contribution in [0.5, 0.6) is 0 Å². The van der Waals surface area contributed by atoms with E-state index in [1.807, 2.05) is 30.3 Å². The Morgan fingerprint density at radius 1 is 1.44 bits per heavy atom. The second-order valence-corrected chi connectivity index (χ2v) is 3.67.